The van der Waals surface area contributed by atoms with Gasteiger partial charge >= 0.3 is 0 Å². The van der Waals surface area contributed by atoms with E-state index in [2.05, 4.69) is 5.32 Å². The summed E-state index contributed by atoms with van der Waals surface area (Å²) in [6.45, 7) is 4.18. The predicted octanol–water partition coefficient (Wildman–Crippen LogP) is 2.45. The average molecular weight is 238 g/mol. The van der Waals surface area contributed by atoms with Gasteiger partial charge in [-0.2, -0.15) is 0 Å². The molecule has 3 nitrogen and oxygen atoms in total. The first-order valence-corrected chi connectivity index (χ1v) is 5.82. The molecule has 1 rings (SSSR count). The monoisotopic (exact) mass is 238 g/mol. The summed E-state index contributed by atoms with van der Waals surface area (Å²) >= 11 is 0. The lowest BCUT2D eigenvalue weighted by molar-refractivity contribution is -0.117. The van der Waals surface area contributed by atoms with Gasteiger partial charge in [-0.25, -0.2) is 4.39 Å². The Morgan fingerprint density at radius 2 is 2.24 bits per heavy atom. The van der Waals surface area contributed by atoms with Gasteiger partial charge < -0.3 is 11.1 Å². The quantitative estimate of drug-likeness (QED) is 0.827. The summed E-state index contributed by atoms with van der Waals surface area (Å²) in [5.74, 6) is -0.138. The summed E-state index contributed by atoms with van der Waals surface area (Å²) in [7, 11) is 0. The number of amides is 1. The Labute approximate surface area is 101 Å². The molecule has 0 fully saturated rings. The van der Waals surface area contributed by atoms with Crippen LogP contribution < -0.4 is 11.1 Å². The lowest BCUT2D eigenvalue weighted by Gasteiger charge is -2.12. The fraction of sp³-hybridized carbons (Fsp3) is 0.462. The lowest BCUT2D eigenvalue weighted by Crippen LogP contribution is -2.21. The molecule has 1 atom stereocenters. The van der Waals surface area contributed by atoms with Crippen LogP contribution in [0.15, 0.2) is 18.2 Å². The Kier molecular flexibility index (Phi) is 5.10. The summed E-state index contributed by atoms with van der Waals surface area (Å²) in [6.07, 6.45) is 1.29. The zero-order chi connectivity index (χ0) is 12.8. The van der Waals surface area contributed by atoms with Crippen LogP contribution in [0, 0.1) is 18.7 Å². The van der Waals surface area contributed by atoms with Crippen LogP contribution >= 0.6 is 0 Å². The van der Waals surface area contributed by atoms with Gasteiger partial charge in [0.2, 0.25) is 5.91 Å². The molecule has 1 amide bonds. The highest BCUT2D eigenvalue weighted by atomic mass is 19.1. The number of aryl methyl sites for hydroxylation is 1. The standard InChI is InChI=1S/C13H19FN2O/c1-3-10(8-15)7-13(17)16-11-4-5-12(14)9(2)6-11/h4-6,10H,3,7-8,15H2,1-2H3,(H,16,17). The van der Waals surface area contributed by atoms with Crippen LogP contribution in [0.5, 0.6) is 0 Å². The van der Waals surface area contributed by atoms with Gasteiger partial charge in [-0.3, -0.25) is 4.79 Å². The van der Waals surface area contributed by atoms with Gasteiger partial charge in [-0.1, -0.05) is 13.3 Å². The molecule has 0 bridgehead atoms. The summed E-state index contributed by atoms with van der Waals surface area (Å²) in [4.78, 5) is 11.7. The second-order valence-electron chi connectivity index (χ2n) is 4.23. The molecule has 0 aromatic heterocycles. The van der Waals surface area contributed by atoms with Gasteiger partial charge in [-0.15, -0.1) is 0 Å². The van der Waals surface area contributed by atoms with E-state index < -0.39 is 0 Å². The van der Waals surface area contributed by atoms with Crippen LogP contribution in [0.25, 0.3) is 0 Å². The normalized spacial score (nSPS) is 12.2. The topological polar surface area (TPSA) is 55.1 Å². The minimum Gasteiger partial charge on any atom is -0.330 e. The third-order valence-electron chi connectivity index (χ3n) is 2.83. The summed E-state index contributed by atoms with van der Waals surface area (Å²) < 4.78 is 13.0. The Balaban J connectivity index is 2.58. The number of benzene rings is 1. The zero-order valence-electron chi connectivity index (χ0n) is 10.3. The predicted molar refractivity (Wildman–Crippen MR) is 67.2 cm³/mol. The maximum absolute atomic E-state index is 13.0. The van der Waals surface area contributed by atoms with Crippen LogP contribution in [0.3, 0.4) is 0 Å². The molecule has 0 radical (unpaired) electrons. The molecule has 0 aliphatic rings. The third kappa shape index (κ3) is 4.15. The lowest BCUT2D eigenvalue weighted by atomic mass is 10.0. The molecule has 1 unspecified atom stereocenters. The van der Waals surface area contributed by atoms with Gasteiger partial charge in [0.05, 0.1) is 0 Å². The smallest absolute Gasteiger partial charge is 0.224 e. The van der Waals surface area contributed by atoms with Crippen molar-refractivity contribution in [2.75, 3.05) is 11.9 Å². The van der Waals surface area contributed by atoms with Gasteiger partial charge in [-0.05, 0) is 43.1 Å². The molecule has 1 aromatic rings. The van der Waals surface area contributed by atoms with E-state index in [9.17, 15) is 9.18 Å². The van der Waals surface area contributed by atoms with E-state index in [-0.39, 0.29) is 17.6 Å². The average Bonchev–Trinajstić information content (AvgIpc) is 2.31. The van der Waals surface area contributed by atoms with Crippen LogP contribution in [-0.2, 0) is 4.79 Å². The van der Waals surface area contributed by atoms with E-state index in [0.717, 1.165) is 6.42 Å². The minimum absolute atomic E-state index is 0.0756. The largest absolute Gasteiger partial charge is 0.330 e. The Bertz CT molecular complexity index is 389. The van der Waals surface area contributed by atoms with E-state index in [1.165, 1.54) is 6.07 Å². The Hall–Kier alpha value is -1.42. The molecule has 94 valence electrons. The molecule has 0 heterocycles. The van der Waals surface area contributed by atoms with Gasteiger partial charge in [0.1, 0.15) is 5.82 Å². The maximum Gasteiger partial charge on any atom is 0.224 e. The van der Waals surface area contributed by atoms with Crippen molar-refractivity contribution < 1.29 is 9.18 Å². The van der Waals surface area contributed by atoms with Crippen molar-refractivity contribution in [3.05, 3.63) is 29.6 Å². The highest BCUT2D eigenvalue weighted by Crippen LogP contribution is 2.15. The van der Waals surface area contributed by atoms with Crippen molar-refractivity contribution in [1.82, 2.24) is 0 Å². The van der Waals surface area contributed by atoms with Crippen LogP contribution in [-0.4, -0.2) is 12.5 Å². The SMILES string of the molecule is CCC(CN)CC(=O)Nc1ccc(F)c(C)c1. The van der Waals surface area contributed by atoms with Crippen molar-refractivity contribution in [1.29, 1.82) is 0 Å². The highest BCUT2D eigenvalue weighted by Gasteiger charge is 2.10. The van der Waals surface area contributed by atoms with E-state index >= 15 is 0 Å². The molecule has 0 aliphatic carbocycles. The van der Waals surface area contributed by atoms with Crippen molar-refractivity contribution in [2.24, 2.45) is 11.7 Å². The maximum atomic E-state index is 13.0. The Morgan fingerprint density at radius 1 is 1.53 bits per heavy atom. The van der Waals surface area contributed by atoms with Crippen molar-refractivity contribution >= 4 is 11.6 Å². The van der Waals surface area contributed by atoms with E-state index in [1.54, 1.807) is 19.1 Å². The molecule has 17 heavy (non-hydrogen) atoms. The first-order valence-electron chi connectivity index (χ1n) is 5.82. The number of carbonyl (C=O) groups is 1. The molecule has 1 aromatic carbocycles. The van der Waals surface area contributed by atoms with Gasteiger partial charge in [0.25, 0.3) is 0 Å². The summed E-state index contributed by atoms with van der Waals surface area (Å²) in [5, 5.41) is 2.75. The number of rotatable bonds is 5. The highest BCUT2D eigenvalue weighted by molar-refractivity contribution is 5.90. The number of anilines is 1. The number of hydrogen-bond acceptors (Lipinski definition) is 2. The fourth-order valence-corrected chi connectivity index (χ4v) is 1.59. The first kappa shape index (κ1) is 13.6. The summed E-state index contributed by atoms with van der Waals surface area (Å²) in [6, 6.07) is 4.53. The molecule has 0 aliphatic heterocycles. The molecule has 4 heteroatoms. The number of halogens is 1. The van der Waals surface area contributed by atoms with E-state index in [4.69, 9.17) is 5.73 Å². The van der Waals surface area contributed by atoms with E-state index in [1.807, 2.05) is 6.92 Å². The zero-order valence-corrected chi connectivity index (χ0v) is 10.3. The fourth-order valence-electron chi connectivity index (χ4n) is 1.59. The second-order valence-corrected chi connectivity index (χ2v) is 4.23. The number of nitrogens with two attached hydrogens (primary N) is 1. The molecule has 0 saturated heterocycles. The van der Waals surface area contributed by atoms with Crippen LogP contribution in [0.2, 0.25) is 0 Å². The van der Waals surface area contributed by atoms with Crippen molar-refractivity contribution in [3.8, 4) is 0 Å². The molecular formula is C13H19FN2O. The van der Waals surface area contributed by atoms with Gasteiger partial charge in [0, 0.05) is 12.1 Å². The van der Waals surface area contributed by atoms with Crippen molar-refractivity contribution in [2.45, 2.75) is 26.7 Å². The molecule has 0 saturated carbocycles. The Morgan fingerprint density at radius 3 is 2.76 bits per heavy atom. The van der Waals surface area contributed by atoms with Crippen LogP contribution in [0.4, 0.5) is 10.1 Å². The third-order valence-corrected chi connectivity index (χ3v) is 2.83. The van der Waals surface area contributed by atoms with E-state index in [0.29, 0.717) is 24.2 Å². The first-order chi connectivity index (χ1) is 8.06. The molecular weight excluding hydrogens is 219 g/mol. The molecule has 3 N–H and O–H groups in total. The second kappa shape index (κ2) is 6.35. The number of carbonyl (C=O) groups excluding carboxylic acids is 1. The molecule has 0 spiro atoms. The van der Waals surface area contributed by atoms with Crippen LogP contribution in [0.1, 0.15) is 25.3 Å². The number of hydrogen-bond donors (Lipinski definition) is 2. The number of nitrogens with one attached hydrogen (secondary N) is 1. The van der Waals surface area contributed by atoms with Crippen molar-refractivity contribution in [3.63, 3.8) is 0 Å². The summed E-state index contributed by atoms with van der Waals surface area (Å²) in [5.41, 5.74) is 6.69. The van der Waals surface area contributed by atoms with Gasteiger partial charge in [0.15, 0.2) is 0 Å². The minimum atomic E-state index is -0.267.